The molecule has 0 heterocycles. The minimum Gasteiger partial charge on any atom is -0.465 e. The van der Waals surface area contributed by atoms with E-state index in [0.29, 0.717) is 5.56 Å². The van der Waals surface area contributed by atoms with Crippen molar-refractivity contribution < 1.29 is 14.3 Å². The fraction of sp³-hybridized carbons (Fsp3) is 0.250. The van der Waals surface area contributed by atoms with Gasteiger partial charge in [0.15, 0.2) is 5.38 Å². The topological polar surface area (TPSA) is 43.4 Å². The maximum absolute atomic E-state index is 11.4. The Hall–Kier alpha value is -1.57. The lowest BCUT2D eigenvalue weighted by molar-refractivity contribution is -0.141. The lowest BCUT2D eigenvalue weighted by Gasteiger charge is -2.09. The molecule has 84 valence electrons. The number of halogens is 1. The number of benzene rings is 1. The molecule has 16 heavy (non-hydrogen) atoms. The summed E-state index contributed by atoms with van der Waals surface area (Å²) in [5.74, 6) is 1.06. The van der Waals surface area contributed by atoms with Crippen LogP contribution >= 0.6 is 11.6 Å². The minimum absolute atomic E-state index is 0.0979. The van der Waals surface area contributed by atoms with Gasteiger partial charge >= 0.3 is 5.97 Å². The van der Waals surface area contributed by atoms with Gasteiger partial charge in [-0.15, -0.1) is 11.6 Å². The quantitative estimate of drug-likeness (QED) is 0.458. The summed E-state index contributed by atoms with van der Waals surface area (Å²) in [6, 6.07) is 8.69. The fourth-order valence-corrected chi connectivity index (χ4v) is 1.44. The van der Waals surface area contributed by atoms with E-state index in [9.17, 15) is 9.59 Å². The standard InChI is InChI=1S/C12H11ClO3/c1-2-16-12(15)11(13)10(8-14)9-6-4-3-5-7-9/h3-7,11H,2H2,1H3. The van der Waals surface area contributed by atoms with E-state index in [1.54, 1.807) is 43.2 Å². The van der Waals surface area contributed by atoms with Gasteiger partial charge in [-0.25, -0.2) is 4.79 Å². The number of hydrogen-bond donors (Lipinski definition) is 0. The van der Waals surface area contributed by atoms with Gasteiger partial charge in [-0.2, -0.15) is 0 Å². The molecule has 1 unspecified atom stereocenters. The van der Waals surface area contributed by atoms with Crippen molar-refractivity contribution in [2.24, 2.45) is 0 Å². The van der Waals surface area contributed by atoms with E-state index in [1.807, 2.05) is 0 Å². The largest absolute Gasteiger partial charge is 0.465 e. The summed E-state index contributed by atoms with van der Waals surface area (Å²) in [5, 5.41) is -1.11. The summed E-state index contributed by atoms with van der Waals surface area (Å²) in [4.78, 5) is 22.2. The lowest BCUT2D eigenvalue weighted by atomic mass is 10.0. The molecule has 0 saturated carbocycles. The van der Waals surface area contributed by atoms with Crippen LogP contribution in [-0.2, 0) is 14.3 Å². The monoisotopic (exact) mass is 238 g/mol. The van der Waals surface area contributed by atoms with E-state index in [1.165, 1.54) is 0 Å². The Morgan fingerprint density at radius 3 is 2.56 bits per heavy atom. The zero-order chi connectivity index (χ0) is 12.0. The summed E-state index contributed by atoms with van der Waals surface area (Å²) in [6.07, 6.45) is 0. The maximum Gasteiger partial charge on any atom is 0.329 e. The van der Waals surface area contributed by atoms with Crippen molar-refractivity contribution in [3.63, 3.8) is 0 Å². The fourth-order valence-electron chi connectivity index (χ4n) is 1.21. The van der Waals surface area contributed by atoms with Gasteiger partial charge in [-0.3, -0.25) is 4.79 Å². The second kappa shape index (κ2) is 6.11. The highest BCUT2D eigenvalue weighted by molar-refractivity contribution is 6.38. The van der Waals surface area contributed by atoms with Gasteiger partial charge in [0.05, 0.1) is 12.2 Å². The van der Waals surface area contributed by atoms with Crippen molar-refractivity contribution in [1.82, 2.24) is 0 Å². The van der Waals surface area contributed by atoms with Gasteiger partial charge in [-0.1, -0.05) is 30.3 Å². The molecule has 0 N–H and O–H groups in total. The molecule has 1 aromatic rings. The third-order valence-corrected chi connectivity index (χ3v) is 2.34. The second-order valence-corrected chi connectivity index (χ2v) is 3.43. The van der Waals surface area contributed by atoms with Crippen molar-refractivity contribution >= 4 is 29.1 Å². The molecule has 0 aliphatic carbocycles. The molecule has 0 aliphatic heterocycles. The van der Waals surface area contributed by atoms with Crippen LogP contribution in [0.1, 0.15) is 12.5 Å². The smallest absolute Gasteiger partial charge is 0.329 e. The third kappa shape index (κ3) is 2.96. The SMILES string of the molecule is CCOC(=O)C(Cl)C(=C=O)c1ccccc1. The molecule has 0 aliphatic rings. The average Bonchev–Trinajstić information content (AvgIpc) is 2.31. The Bertz CT molecular complexity index is 408. The molecule has 3 nitrogen and oxygen atoms in total. The Morgan fingerprint density at radius 2 is 2.06 bits per heavy atom. The van der Waals surface area contributed by atoms with Crippen molar-refractivity contribution in [2.75, 3.05) is 6.61 Å². The minimum atomic E-state index is -1.11. The van der Waals surface area contributed by atoms with E-state index < -0.39 is 11.3 Å². The lowest BCUT2D eigenvalue weighted by Crippen LogP contribution is -2.19. The highest BCUT2D eigenvalue weighted by atomic mass is 35.5. The van der Waals surface area contributed by atoms with Crippen molar-refractivity contribution in [1.29, 1.82) is 0 Å². The summed E-state index contributed by atoms with van der Waals surface area (Å²) in [7, 11) is 0. The summed E-state index contributed by atoms with van der Waals surface area (Å²) >= 11 is 5.84. The number of esters is 1. The molecular weight excluding hydrogens is 228 g/mol. The number of hydrogen-bond acceptors (Lipinski definition) is 3. The van der Waals surface area contributed by atoms with E-state index in [2.05, 4.69) is 0 Å². The molecule has 0 saturated heterocycles. The normalized spacial score (nSPS) is 11.4. The van der Waals surface area contributed by atoms with Crippen LogP contribution in [0.5, 0.6) is 0 Å². The first-order chi connectivity index (χ1) is 7.70. The maximum atomic E-state index is 11.4. The van der Waals surface area contributed by atoms with Crippen LogP contribution in [0.2, 0.25) is 0 Å². The molecule has 0 amide bonds. The number of carbonyl (C=O) groups is 1. The van der Waals surface area contributed by atoms with Crippen molar-refractivity contribution in [3.05, 3.63) is 35.9 Å². The first kappa shape index (κ1) is 12.5. The molecule has 0 bridgehead atoms. The predicted molar refractivity (Wildman–Crippen MR) is 61.8 cm³/mol. The Morgan fingerprint density at radius 1 is 1.44 bits per heavy atom. The molecule has 1 atom stereocenters. The molecule has 0 aromatic heterocycles. The van der Waals surface area contributed by atoms with E-state index in [-0.39, 0.29) is 12.2 Å². The van der Waals surface area contributed by atoms with Gasteiger partial charge in [0.1, 0.15) is 5.94 Å². The van der Waals surface area contributed by atoms with Crippen molar-refractivity contribution in [3.8, 4) is 0 Å². The van der Waals surface area contributed by atoms with Crippen LogP contribution in [0.15, 0.2) is 30.3 Å². The Kier molecular flexibility index (Phi) is 4.77. The van der Waals surface area contributed by atoms with E-state index in [0.717, 1.165) is 0 Å². The number of rotatable bonds is 4. The Labute approximate surface area is 98.7 Å². The molecule has 1 aromatic carbocycles. The van der Waals surface area contributed by atoms with Gasteiger partial charge in [0, 0.05) is 0 Å². The Balaban J connectivity index is 2.93. The van der Waals surface area contributed by atoms with Gasteiger partial charge in [0.2, 0.25) is 0 Å². The predicted octanol–water partition coefficient (Wildman–Crippen LogP) is 2.07. The van der Waals surface area contributed by atoms with Crippen LogP contribution in [-0.4, -0.2) is 23.9 Å². The summed E-state index contributed by atoms with van der Waals surface area (Å²) < 4.78 is 4.74. The van der Waals surface area contributed by atoms with Crippen molar-refractivity contribution in [2.45, 2.75) is 12.3 Å². The zero-order valence-electron chi connectivity index (χ0n) is 8.77. The zero-order valence-corrected chi connectivity index (χ0v) is 9.53. The highest BCUT2D eigenvalue weighted by Crippen LogP contribution is 2.20. The molecule has 0 fully saturated rings. The van der Waals surface area contributed by atoms with Gasteiger partial charge in [0.25, 0.3) is 0 Å². The number of carbonyl (C=O) groups excluding carboxylic acids is 2. The molecule has 0 spiro atoms. The van der Waals surface area contributed by atoms with Crippen LogP contribution in [0.4, 0.5) is 0 Å². The average molecular weight is 239 g/mol. The van der Waals surface area contributed by atoms with E-state index in [4.69, 9.17) is 16.3 Å². The molecular formula is C12H11ClO3. The summed E-state index contributed by atoms with van der Waals surface area (Å²) in [6.45, 7) is 1.90. The number of alkyl halides is 1. The van der Waals surface area contributed by atoms with E-state index >= 15 is 0 Å². The summed E-state index contributed by atoms with van der Waals surface area (Å²) in [5.41, 5.74) is 0.672. The molecule has 4 heteroatoms. The van der Waals surface area contributed by atoms with Crippen LogP contribution < -0.4 is 0 Å². The number of ether oxygens (including phenoxy) is 1. The van der Waals surface area contributed by atoms with Crippen LogP contribution in [0.25, 0.3) is 5.57 Å². The van der Waals surface area contributed by atoms with Crippen LogP contribution in [0.3, 0.4) is 0 Å². The molecule has 1 rings (SSSR count). The van der Waals surface area contributed by atoms with Gasteiger partial charge in [-0.05, 0) is 12.5 Å². The molecule has 0 radical (unpaired) electrons. The third-order valence-electron chi connectivity index (χ3n) is 1.94. The first-order valence-corrected chi connectivity index (χ1v) is 5.25. The van der Waals surface area contributed by atoms with Crippen LogP contribution in [0, 0.1) is 0 Å². The second-order valence-electron chi connectivity index (χ2n) is 3.00. The van der Waals surface area contributed by atoms with Gasteiger partial charge < -0.3 is 4.74 Å². The highest BCUT2D eigenvalue weighted by Gasteiger charge is 2.23. The first-order valence-electron chi connectivity index (χ1n) is 4.81.